The Balaban J connectivity index is 1.02. The maximum absolute atomic E-state index is 13.1. The van der Waals surface area contributed by atoms with Crippen molar-refractivity contribution in [3.63, 3.8) is 0 Å². The molecule has 2 aliphatic rings. The molecule has 51 heavy (non-hydrogen) atoms. The topological polar surface area (TPSA) is 211 Å². The Morgan fingerprint density at radius 1 is 0.941 bits per heavy atom. The molecule has 2 aliphatic heterocycles. The molecule has 6 amide bonds. The number of benzene rings is 2. The van der Waals surface area contributed by atoms with Crippen LogP contribution in [0.5, 0.6) is 0 Å². The van der Waals surface area contributed by atoms with Crippen molar-refractivity contribution < 1.29 is 38.2 Å². The highest BCUT2D eigenvalue weighted by Crippen LogP contribution is 2.32. The zero-order chi connectivity index (χ0) is 36.6. The van der Waals surface area contributed by atoms with Gasteiger partial charge in [-0.25, -0.2) is 4.79 Å². The number of hydrogen-bond acceptors (Lipinski definition) is 11. The minimum atomic E-state index is -0.794. The smallest absolute Gasteiger partial charge is 0.317 e. The summed E-state index contributed by atoms with van der Waals surface area (Å²) in [5, 5.41) is 7.87. The predicted octanol–water partition coefficient (Wildman–Crippen LogP) is 0.903. The van der Waals surface area contributed by atoms with E-state index in [1.165, 1.54) is 4.90 Å². The molecule has 2 atom stereocenters. The number of piperazine rings is 1. The number of nitrogen functional groups attached to an aromatic ring is 1. The molecule has 1 saturated heterocycles. The first-order valence-corrected chi connectivity index (χ1v) is 17.3. The van der Waals surface area contributed by atoms with Gasteiger partial charge in [0.25, 0.3) is 5.91 Å². The molecular formula is C35H50N8O8. The van der Waals surface area contributed by atoms with Crippen LogP contribution < -0.4 is 32.3 Å². The SMILES string of the molecule is CCCC(C(=O)NC=O)N1Cc2c(NC(=O)CCOCC(N)COCCOCCNC(=O)N3CCN(c4ccc(N)cc4)CC3)cccc2C1=O. The maximum atomic E-state index is 13.1. The van der Waals surface area contributed by atoms with Crippen LogP contribution in [0.4, 0.5) is 21.9 Å². The van der Waals surface area contributed by atoms with Crippen LogP contribution in [0.25, 0.3) is 0 Å². The lowest BCUT2D eigenvalue weighted by atomic mass is 10.1. The van der Waals surface area contributed by atoms with Crippen molar-refractivity contribution in [1.82, 2.24) is 20.4 Å². The molecule has 0 spiro atoms. The molecule has 278 valence electrons. The van der Waals surface area contributed by atoms with E-state index < -0.39 is 18.0 Å². The summed E-state index contributed by atoms with van der Waals surface area (Å²) in [4.78, 5) is 66.9. The third-order valence-corrected chi connectivity index (χ3v) is 8.57. The number of nitrogens with one attached hydrogen (secondary N) is 3. The molecule has 1 fully saturated rings. The second-order valence-corrected chi connectivity index (χ2v) is 12.3. The van der Waals surface area contributed by atoms with Crippen molar-refractivity contribution in [3.8, 4) is 0 Å². The third-order valence-electron chi connectivity index (χ3n) is 8.57. The number of hydrogen-bond donors (Lipinski definition) is 5. The van der Waals surface area contributed by atoms with Crippen molar-refractivity contribution in [2.75, 3.05) is 88.3 Å². The number of carbonyl (C=O) groups excluding carboxylic acids is 5. The molecule has 0 bridgehead atoms. The van der Waals surface area contributed by atoms with Crippen LogP contribution in [0.15, 0.2) is 42.5 Å². The van der Waals surface area contributed by atoms with E-state index in [1.807, 2.05) is 31.2 Å². The third kappa shape index (κ3) is 11.6. The highest BCUT2D eigenvalue weighted by Gasteiger charge is 2.37. The van der Waals surface area contributed by atoms with Gasteiger partial charge in [-0.15, -0.1) is 0 Å². The summed E-state index contributed by atoms with van der Waals surface area (Å²) < 4.78 is 16.7. The van der Waals surface area contributed by atoms with E-state index in [2.05, 4.69) is 20.9 Å². The maximum Gasteiger partial charge on any atom is 0.317 e. The van der Waals surface area contributed by atoms with Gasteiger partial charge in [-0.3, -0.25) is 24.5 Å². The average Bonchev–Trinajstić information content (AvgIpc) is 3.47. The van der Waals surface area contributed by atoms with Gasteiger partial charge in [0, 0.05) is 67.5 Å². The predicted molar refractivity (Wildman–Crippen MR) is 191 cm³/mol. The summed E-state index contributed by atoms with van der Waals surface area (Å²) in [5.74, 6) is -1.16. The summed E-state index contributed by atoms with van der Waals surface area (Å²) >= 11 is 0. The van der Waals surface area contributed by atoms with E-state index in [-0.39, 0.29) is 50.6 Å². The molecule has 2 unspecified atom stereocenters. The first-order chi connectivity index (χ1) is 24.7. The molecule has 0 saturated carbocycles. The van der Waals surface area contributed by atoms with Gasteiger partial charge in [-0.1, -0.05) is 19.4 Å². The Morgan fingerprint density at radius 2 is 1.65 bits per heavy atom. The molecule has 2 heterocycles. The molecule has 16 heteroatoms. The van der Waals surface area contributed by atoms with Crippen molar-refractivity contribution in [1.29, 1.82) is 0 Å². The number of nitrogens with two attached hydrogens (primary N) is 2. The lowest BCUT2D eigenvalue weighted by molar-refractivity contribution is -0.129. The van der Waals surface area contributed by atoms with Gasteiger partial charge in [0.2, 0.25) is 18.2 Å². The highest BCUT2D eigenvalue weighted by molar-refractivity contribution is 6.04. The van der Waals surface area contributed by atoms with Crippen LogP contribution in [0.1, 0.15) is 42.1 Å². The van der Waals surface area contributed by atoms with Crippen LogP contribution >= 0.6 is 0 Å². The van der Waals surface area contributed by atoms with Crippen LogP contribution in [0.3, 0.4) is 0 Å². The molecular weight excluding hydrogens is 660 g/mol. The van der Waals surface area contributed by atoms with Gasteiger partial charge < -0.3 is 51.0 Å². The summed E-state index contributed by atoms with van der Waals surface area (Å²) in [7, 11) is 0. The summed E-state index contributed by atoms with van der Waals surface area (Å²) in [6.45, 7) is 6.81. The fourth-order valence-corrected chi connectivity index (χ4v) is 5.89. The Kier molecular flexibility index (Phi) is 15.4. The minimum absolute atomic E-state index is 0.0688. The van der Waals surface area contributed by atoms with Crippen molar-refractivity contribution in [3.05, 3.63) is 53.6 Å². The van der Waals surface area contributed by atoms with Gasteiger partial charge in [0.1, 0.15) is 6.04 Å². The normalized spacial score (nSPS) is 15.3. The molecule has 4 rings (SSSR count). The number of ether oxygens (including phenoxy) is 3. The molecule has 0 radical (unpaired) electrons. The zero-order valence-electron chi connectivity index (χ0n) is 29.1. The number of rotatable bonds is 20. The standard InChI is InChI=1S/C35H50N8O8/c1-2-4-31(33(46)39-24-44)43-21-29-28(34(43)47)5-3-6-30(29)40-32(45)11-17-50-22-26(37)23-51-20-19-49-18-12-38-35(48)42-15-13-41(14-16-42)27-9-7-25(36)8-10-27/h3,5-10,24,26,31H,2,4,11-23,36-37H2,1H3,(H,38,48)(H,40,45)(H,39,44,46). The Bertz CT molecular complexity index is 1470. The number of fused-ring (bicyclic) bond motifs is 1. The quantitative estimate of drug-likeness (QED) is 0.0741. The number of imide groups is 1. The van der Waals surface area contributed by atoms with Gasteiger partial charge in [0.15, 0.2) is 0 Å². The second-order valence-electron chi connectivity index (χ2n) is 12.3. The Hall–Kier alpha value is -4.77. The van der Waals surface area contributed by atoms with E-state index in [0.717, 1.165) is 24.5 Å². The number of amides is 6. The number of carbonyl (C=O) groups is 5. The molecule has 2 aromatic rings. The Morgan fingerprint density at radius 3 is 2.35 bits per heavy atom. The van der Waals surface area contributed by atoms with E-state index in [4.69, 9.17) is 25.7 Å². The highest BCUT2D eigenvalue weighted by atomic mass is 16.5. The van der Waals surface area contributed by atoms with Crippen LogP contribution in [0, 0.1) is 0 Å². The van der Waals surface area contributed by atoms with E-state index >= 15 is 0 Å². The summed E-state index contributed by atoms with van der Waals surface area (Å²) in [6, 6.07) is 11.5. The fourth-order valence-electron chi connectivity index (χ4n) is 5.89. The monoisotopic (exact) mass is 710 g/mol. The lowest BCUT2D eigenvalue weighted by Gasteiger charge is -2.36. The molecule has 0 aromatic heterocycles. The fraction of sp³-hybridized carbons (Fsp3) is 0.514. The van der Waals surface area contributed by atoms with Gasteiger partial charge in [0.05, 0.1) is 52.1 Å². The summed E-state index contributed by atoms with van der Waals surface area (Å²) in [6.07, 6.45) is 1.41. The van der Waals surface area contributed by atoms with E-state index in [9.17, 15) is 24.0 Å². The number of anilines is 3. The largest absolute Gasteiger partial charge is 0.399 e. The minimum Gasteiger partial charge on any atom is -0.399 e. The molecule has 2 aromatic carbocycles. The molecule has 16 nitrogen and oxygen atoms in total. The van der Waals surface area contributed by atoms with Crippen molar-refractivity contribution >= 4 is 47.2 Å². The zero-order valence-corrected chi connectivity index (χ0v) is 29.1. The van der Waals surface area contributed by atoms with Gasteiger partial charge in [-0.2, -0.15) is 0 Å². The van der Waals surface area contributed by atoms with Gasteiger partial charge in [-0.05, 0) is 42.8 Å². The summed E-state index contributed by atoms with van der Waals surface area (Å²) in [5.41, 5.74) is 15.2. The second kappa shape index (κ2) is 20.2. The van der Waals surface area contributed by atoms with Crippen molar-refractivity contribution in [2.24, 2.45) is 5.73 Å². The van der Waals surface area contributed by atoms with E-state index in [1.54, 1.807) is 23.1 Å². The van der Waals surface area contributed by atoms with Crippen molar-refractivity contribution in [2.45, 2.75) is 44.8 Å². The molecule has 0 aliphatic carbocycles. The first kappa shape index (κ1) is 39.0. The average molecular weight is 711 g/mol. The number of nitrogens with zero attached hydrogens (tertiary/aromatic N) is 3. The van der Waals surface area contributed by atoms with Gasteiger partial charge >= 0.3 is 6.03 Å². The number of urea groups is 1. The lowest BCUT2D eigenvalue weighted by Crippen LogP contribution is -2.52. The van der Waals surface area contributed by atoms with Crippen LogP contribution in [0.2, 0.25) is 0 Å². The molecule has 7 N–H and O–H groups in total. The first-order valence-electron chi connectivity index (χ1n) is 17.3. The van der Waals surface area contributed by atoms with E-state index in [0.29, 0.717) is 75.5 Å². The Labute approximate surface area is 298 Å². The van der Waals surface area contributed by atoms with Crippen LogP contribution in [-0.2, 0) is 35.1 Å². The van der Waals surface area contributed by atoms with Crippen LogP contribution in [-0.4, -0.2) is 124 Å².